The first-order chi connectivity index (χ1) is 13.7. The Morgan fingerprint density at radius 3 is 2.00 bits per heavy atom. The van der Waals surface area contributed by atoms with Gasteiger partial charge in [-0.15, -0.1) is 0 Å². The average Bonchev–Trinajstić information content (AvgIpc) is 2.77. The highest BCUT2D eigenvalue weighted by Crippen LogP contribution is 2.29. The van der Waals surface area contributed by atoms with E-state index in [4.69, 9.17) is 0 Å². The van der Waals surface area contributed by atoms with E-state index in [0.717, 1.165) is 5.56 Å². The molecule has 3 aromatic carbocycles. The summed E-state index contributed by atoms with van der Waals surface area (Å²) in [5, 5.41) is 11.0. The van der Waals surface area contributed by atoms with E-state index in [1.807, 2.05) is 18.2 Å². The molecule has 3 rings (SSSR count). The molecule has 0 heterocycles. The van der Waals surface area contributed by atoms with Crippen molar-refractivity contribution in [3.63, 3.8) is 0 Å². The number of aldehydes is 2. The topological polar surface area (TPSA) is 71.4 Å². The molecule has 0 bridgehead atoms. The maximum atomic E-state index is 13.3. The Morgan fingerprint density at radius 1 is 0.750 bits per heavy atom. The summed E-state index contributed by atoms with van der Waals surface area (Å²) in [6.07, 6.45) is 1.51. The van der Waals surface area contributed by atoms with Crippen LogP contribution in [0.5, 0.6) is 0 Å². The summed E-state index contributed by atoms with van der Waals surface area (Å²) in [6.45, 7) is 0. The van der Waals surface area contributed by atoms with Crippen LogP contribution in [-0.4, -0.2) is 23.5 Å². The highest BCUT2D eigenvalue weighted by atomic mass is 16.3. The molecule has 0 aromatic heterocycles. The van der Waals surface area contributed by atoms with Gasteiger partial charge in [-0.1, -0.05) is 78.9 Å². The fraction of sp³-hybridized carbons (Fsp3) is 0.0417. The normalized spacial score (nSPS) is 12.2. The standard InChI is InChI=1S/C24H18O4/c25-15-18-10-4-6-12-20(18)23(27)22(14-17-8-2-1-3-9-17)24(28)21-13-7-5-11-19(21)16-26/h1-16,23,27H/b22-14+. The van der Waals surface area contributed by atoms with Gasteiger partial charge in [0.1, 0.15) is 12.4 Å². The highest BCUT2D eigenvalue weighted by molar-refractivity contribution is 6.15. The van der Waals surface area contributed by atoms with Crippen molar-refractivity contribution < 1.29 is 19.5 Å². The van der Waals surface area contributed by atoms with E-state index in [0.29, 0.717) is 23.7 Å². The van der Waals surface area contributed by atoms with Gasteiger partial charge in [0.15, 0.2) is 12.1 Å². The zero-order valence-corrected chi connectivity index (χ0v) is 15.0. The van der Waals surface area contributed by atoms with E-state index in [1.54, 1.807) is 66.7 Å². The lowest BCUT2D eigenvalue weighted by atomic mass is 9.89. The second-order valence-electron chi connectivity index (χ2n) is 6.19. The Balaban J connectivity index is 2.15. The van der Waals surface area contributed by atoms with Crippen LogP contribution < -0.4 is 0 Å². The lowest BCUT2D eigenvalue weighted by molar-refractivity contribution is 0.0979. The van der Waals surface area contributed by atoms with Crippen LogP contribution in [0.15, 0.2) is 84.4 Å². The third-order valence-electron chi connectivity index (χ3n) is 4.43. The van der Waals surface area contributed by atoms with Gasteiger partial charge in [-0.05, 0) is 17.2 Å². The largest absolute Gasteiger partial charge is 0.383 e. The van der Waals surface area contributed by atoms with Crippen molar-refractivity contribution in [1.29, 1.82) is 0 Å². The number of aliphatic hydroxyl groups excluding tert-OH is 1. The minimum Gasteiger partial charge on any atom is -0.383 e. The molecule has 0 aliphatic rings. The van der Waals surface area contributed by atoms with Gasteiger partial charge in [-0.2, -0.15) is 0 Å². The number of carbonyl (C=O) groups excluding carboxylic acids is 3. The molecule has 4 nitrogen and oxygen atoms in total. The quantitative estimate of drug-likeness (QED) is 0.382. The summed E-state index contributed by atoms with van der Waals surface area (Å²) in [7, 11) is 0. The molecule has 0 aliphatic heterocycles. The molecule has 0 aliphatic carbocycles. The van der Waals surface area contributed by atoms with Crippen molar-refractivity contribution in [2.75, 3.05) is 0 Å². The van der Waals surface area contributed by atoms with E-state index in [1.165, 1.54) is 0 Å². The molecular weight excluding hydrogens is 352 g/mol. The van der Waals surface area contributed by atoms with Crippen LogP contribution in [0, 0.1) is 0 Å². The first-order valence-electron chi connectivity index (χ1n) is 8.73. The molecule has 1 atom stereocenters. The number of Topliss-reactive ketones (excluding diaryl/α,β-unsaturated/α-hetero) is 1. The van der Waals surface area contributed by atoms with E-state index < -0.39 is 11.9 Å². The summed E-state index contributed by atoms with van der Waals surface area (Å²) in [4.78, 5) is 36.0. The zero-order valence-electron chi connectivity index (χ0n) is 15.0. The van der Waals surface area contributed by atoms with Gasteiger partial charge >= 0.3 is 0 Å². The molecule has 0 spiro atoms. The molecule has 1 unspecified atom stereocenters. The molecule has 28 heavy (non-hydrogen) atoms. The van der Waals surface area contributed by atoms with Gasteiger partial charge in [0.2, 0.25) is 0 Å². The minimum absolute atomic E-state index is 0.0785. The minimum atomic E-state index is -1.33. The van der Waals surface area contributed by atoms with Gasteiger partial charge < -0.3 is 5.11 Å². The molecule has 0 radical (unpaired) electrons. The summed E-state index contributed by atoms with van der Waals surface area (Å²) < 4.78 is 0. The van der Waals surface area contributed by atoms with Crippen molar-refractivity contribution >= 4 is 24.4 Å². The third kappa shape index (κ3) is 4.03. The van der Waals surface area contributed by atoms with Crippen LogP contribution >= 0.6 is 0 Å². The Bertz CT molecular complexity index is 1040. The fourth-order valence-electron chi connectivity index (χ4n) is 2.99. The summed E-state index contributed by atoms with van der Waals surface area (Å²) in [5.74, 6) is -0.472. The van der Waals surface area contributed by atoms with Crippen molar-refractivity contribution in [3.8, 4) is 0 Å². The maximum absolute atomic E-state index is 13.3. The summed E-state index contributed by atoms with van der Waals surface area (Å²) in [6, 6.07) is 22.1. The maximum Gasteiger partial charge on any atom is 0.192 e. The van der Waals surface area contributed by atoms with Gasteiger partial charge in [0, 0.05) is 22.3 Å². The van der Waals surface area contributed by atoms with Crippen molar-refractivity contribution in [3.05, 3.63) is 112 Å². The molecule has 0 saturated heterocycles. The first-order valence-corrected chi connectivity index (χ1v) is 8.73. The lowest BCUT2D eigenvalue weighted by Crippen LogP contribution is -2.15. The van der Waals surface area contributed by atoms with Gasteiger partial charge in [-0.3, -0.25) is 14.4 Å². The van der Waals surface area contributed by atoms with Crippen molar-refractivity contribution in [1.82, 2.24) is 0 Å². The van der Waals surface area contributed by atoms with Crippen LogP contribution in [0.4, 0.5) is 0 Å². The van der Waals surface area contributed by atoms with Crippen molar-refractivity contribution in [2.24, 2.45) is 0 Å². The molecule has 1 N–H and O–H groups in total. The number of carbonyl (C=O) groups is 3. The number of rotatable bonds is 7. The average molecular weight is 370 g/mol. The molecule has 4 heteroatoms. The van der Waals surface area contributed by atoms with Gasteiger partial charge in [0.25, 0.3) is 0 Å². The SMILES string of the molecule is O=Cc1ccccc1C(=O)/C(=C/c1ccccc1)C(O)c1ccccc1C=O. The molecular formula is C24H18O4. The predicted octanol–water partition coefficient (Wildman–Crippen LogP) is 4.31. The predicted molar refractivity (Wildman–Crippen MR) is 107 cm³/mol. The zero-order chi connectivity index (χ0) is 19.9. The number of hydrogen-bond acceptors (Lipinski definition) is 4. The molecule has 3 aromatic rings. The van der Waals surface area contributed by atoms with Crippen LogP contribution in [0.2, 0.25) is 0 Å². The van der Waals surface area contributed by atoms with Gasteiger partial charge in [0.05, 0.1) is 0 Å². The smallest absolute Gasteiger partial charge is 0.192 e. The highest BCUT2D eigenvalue weighted by Gasteiger charge is 2.25. The number of aliphatic hydroxyl groups is 1. The fourth-order valence-corrected chi connectivity index (χ4v) is 2.99. The van der Waals surface area contributed by atoms with E-state index >= 15 is 0 Å². The van der Waals surface area contributed by atoms with Crippen LogP contribution in [-0.2, 0) is 0 Å². The Kier molecular flexibility index (Phi) is 6.04. The van der Waals surface area contributed by atoms with Crippen molar-refractivity contribution in [2.45, 2.75) is 6.10 Å². The monoisotopic (exact) mass is 370 g/mol. The Morgan fingerprint density at radius 2 is 1.32 bits per heavy atom. The van der Waals surface area contributed by atoms with E-state index in [9.17, 15) is 19.5 Å². The van der Waals surface area contributed by atoms with Gasteiger partial charge in [-0.25, -0.2) is 0 Å². The summed E-state index contributed by atoms with van der Waals surface area (Å²) in [5.41, 5.74) is 1.86. The second kappa shape index (κ2) is 8.84. The summed E-state index contributed by atoms with van der Waals surface area (Å²) >= 11 is 0. The first kappa shape index (κ1) is 19.1. The molecule has 138 valence electrons. The van der Waals surface area contributed by atoms with Crippen LogP contribution in [0.1, 0.15) is 48.3 Å². The van der Waals surface area contributed by atoms with E-state index in [-0.39, 0.29) is 16.7 Å². The number of benzene rings is 3. The Hall–Kier alpha value is -3.63. The molecule has 0 saturated carbocycles. The third-order valence-corrected chi connectivity index (χ3v) is 4.43. The number of ketones is 1. The van der Waals surface area contributed by atoms with Crippen LogP contribution in [0.3, 0.4) is 0 Å². The molecule has 0 amide bonds. The Labute approximate surface area is 162 Å². The lowest BCUT2D eigenvalue weighted by Gasteiger charge is -2.17. The molecule has 0 fully saturated rings. The van der Waals surface area contributed by atoms with Crippen LogP contribution in [0.25, 0.3) is 6.08 Å². The van der Waals surface area contributed by atoms with E-state index in [2.05, 4.69) is 0 Å². The number of hydrogen-bond donors (Lipinski definition) is 1. The second-order valence-corrected chi connectivity index (χ2v) is 6.19.